The molecular formula is C17H16N2O. The first-order valence-corrected chi connectivity index (χ1v) is 6.59. The molecule has 2 rings (SSSR count). The number of amides is 1. The molecule has 0 radical (unpaired) electrons. The summed E-state index contributed by atoms with van der Waals surface area (Å²) in [4.78, 5) is 12.1. The maximum atomic E-state index is 12.1. The van der Waals surface area contributed by atoms with E-state index in [-0.39, 0.29) is 5.91 Å². The fourth-order valence-electron chi connectivity index (χ4n) is 1.89. The van der Waals surface area contributed by atoms with Crippen LogP contribution in [-0.4, -0.2) is 5.91 Å². The van der Waals surface area contributed by atoms with Crippen LogP contribution in [0.1, 0.15) is 28.4 Å². The second kappa shape index (κ2) is 6.53. The van der Waals surface area contributed by atoms with Crippen molar-refractivity contribution in [3.63, 3.8) is 0 Å². The van der Waals surface area contributed by atoms with Crippen molar-refractivity contribution < 1.29 is 4.79 Å². The van der Waals surface area contributed by atoms with Crippen LogP contribution in [0.5, 0.6) is 0 Å². The zero-order chi connectivity index (χ0) is 14.4. The standard InChI is InChI=1S/C17H16N2O/c1-2-13-5-9-16(10-6-13)19-17(20)15-7-3-14(4-8-15)11-12-18/h3-10H,2,11H2,1H3,(H,19,20). The van der Waals surface area contributed by atoms with Crippen molar-refractivity contribution in [3.8, 4) is 6.07 Å². The van der Waals surface area contributed by atoms with E-state index in [0.29, 0.717) is 12.0 Å². The maximum absolute atomic E-state index is 12.1. The first kappa shape index (κ1) is 13.8. The molecule has 2 aromatic carbocycles. The number of carbonyl (C=O) groups excluding carboxylic acids is 1. The molecule has 0 fully saturated rings. The number of rotatable bonds is 4. The van der Waals surface area contributed by atoms with E-state index in [4.69, 9.17) is 5.26 Å². The van der Waals surface area contributed by atoms with Crippen molar-refractivity contribution in [2.45, 2.75) is 19.8 Å². The van der Waals surface area contributed by atoms with Crippen LogP contribution in [0.4, 0.5) is 5.69 Å². The molecular weight excluding hydrogens is 248 g/mol. The van der Waals surface area contributed by atoms with E-state index in [1.807, 2.05) is 24.3 Å². The van der Waals surface area contributed by atoms with Crippen molar-refractivity contribution in [3.05, 3.63) is 65.2 Å². The number of nitrogens with zero attached hydrogens (tertiary/aromatic N) is 1. The zero-order valence-electron chi connectivity index (χ0n) is 11.4. The van der Waals surface area contributed by atoms with E-state index in [2.05, 4.69) is 18.3 Å². The van der Waals surface area contributed by atoms with Gasteiger partial charge < -0.3 is 5.32 Å². The second-order valence-electron chi connectivity index (χ2n) is 4.54. The van der Waals surface area contributed by atoms with E-state index in [1.54, 1.807) is 24.3 Å². The molecule has 0 unspecified atom stereocenters. The Kier molecular flexibility index (Phi) is 4.52. The summed E-state index contributed by atoms with van der Waals surface area (Å²) in [6, 6.07) is 17.0. The van der Waals surface area contributed by atoms with E-state index in [1.165, 1.54) is 5.56 Å². The summed E-state index contributed by atoms with van der Waals surface area (Å²) in [6.07, 6.45) is 1.34. The monoisotopic (exact) mass is 264 g/mol. The quantitative estimate of drug-likeness (QED) is 0.917. The largest absolute Gasteiger partial charge is 0.322 e. The van der Waals surface area contributed by atoms with Crippen molar-refractivity contribution >= 4 is 11.6 Å². The minimum atomic E-state index is -0.141. The van der Waals surface area contributed by atoms with E-state index in [0.717, 1.165) is 17.7 Å². The highest BCUT2D eigenvalue weighted by molar-refractivity contribution is 6.04. The van der Waals surface area contributed by atoms with Gasteiger partial charge in [0.1, 0.15) is 0 Å². The first-order valence-electron chi connectivity index (χ1n) is 6.59. The number of hydrogen-bond donors (Lipinski definition) is 1. The third-order valence-electron chi connectivity index (χ3n) is 3.12. The second-order valence-corrected chi connectivity index (χ2v) is 4.54. The Balaban J connectivity index is 2.05. The Morgan fingerprint density at radius 2 is 1.65 bits per heavy atom. The SMILES string of the molecule is CCc1ccc(NC(=O)c2ccc(CC#N)cc2)cc1. The molecule has 100 valence electrons. The molecule has 0 spiro atoms. The van der Waals surface area contributed by atoms with Crippen LogP contribution < -0.4 is 5.32 Å². The smallest absolute Gasteiger partial charge is 0.255 e. The number of hydrogen-bond acceptors (Lipinski definition) is 2. The van der Waals surface area contributed by atoms with Crippen LogP contribution in [0.2, 0.25) is 0 Å². The van der Waals surface area contributed by atoms with Gasteiger partial charge in [0, 0.05) is 11.3 Å². The van der Waals surface area contributed by atoms with Gasteiger partial charge in [-0.15, -0.1) is 0 Å². The van der Waals surface area contributed by atoms with Crippen LogP contribution in [0.25, 0.3) is 0 Å². The maximum Gasteiger partial charge on any atom is 0.255 e. The minimum Gasteiger partial charge on any atom is -0.322 e. The van der Waals surface area contributed by atoms with Crippen LogP contribution in [0.15, 0.2) is 48.5 Å². The fourth-order valence-corrected chi connectivity index (χ4v) is 1.89. The van der Waals surface area contributed by atoms with Crippen LogP contribution in [0, 0.1) is 11.3 Å². The van der Waals surface area contributed by atoms with Crippen molar-refractivity contribution in [2.75, 3.05) is 5.32 Å². The molecule has 0 aliphatic heterocycles. The van der Waals surface area contributed by atoms with Gasteiger partial charge in [0.15, 0.2) is 0 Å². The Morgan fingerprint density at radius 1 is 1.05 bits per heavy atom. The summed E-state index contributed by atoms with van der Waals surface area (Å²) in [5.74, 6) is -0.141. The van der Waals surface area contributed by atoms with E-state index in [9.17, 15) is 4.79 Å². The van der Waals surface area contributed by atoms with Crippen molar-refractivity contribution in [1.29, 1.82) is 5.26 Å². The van der Waals surface area contributed by atoms with Crippen molar-refractivity contribution in [2.24, 2.45) is 0 Å². The Morgan fingerprint density at radius 3 is 2.20 bits per heavy atom. The normalized spacial score (nSPS) is 9.80. The Hall–Kier alpha value is -2.60. The molecule has 2 aromatic rings. The number of anilines is 1. The zero-order valence-corrected chi connectivity index (χ0v) is 11.4. The number of carbonyl (C=O) groups is 1. The Labute approximate surface area is 118 Å². The average Bonchev–Trinajstić information content (AvgIpc) is 2.49. The van der Waals surface area contributed by atoms with Gasteiger partial charge in [0.05, 0.1) is 12.5 Å². The molecule has 0 saturated heterocycles. The van der Waals surface area contributed by atoms with Gasteiger partial charge in [-0.3, -0.25) is 4.79 Å². The molecule has 0 saturated carbocycles. The third kappa shape index (κ3) is 3.46. The number of nitriles is 1. The van der Waals surface area contributed by atoms with Gasteiger partial charge in [-0.2, -0.15) is 5.26 Å². The molecule has 0 heterocycles. The van der Waals surface area contributed by atoms with Crippen LogP contribution in [-0.2, 0) is 12.8 Å². The highest BCUT2D eigenvalue weighted by Crippen LogP contribution is 2.12. The molecule has 3 nitrogen and oxygen atoms in total. The summed E-state index contributed by atoms with van der Waals surface area (Å²) in [7, 11) is 0. The summed E-state index contributed by atoms with van der Waals surface area (Å²) in [5, 5.41) is 11.5. The van der Waals surface area contributed by atoms with Gasteiger partial charge in [0.25, 0.3) is 5.91 Å². The van der Waals surface area contributed by atoms with Crippen molar-refractivity contribution in [1.82, 2.24) is 0 Å². The highest BCUT2D eigenvalue weighted by Gasteiger charge is 2.05. The lowest BCUT2D eigenvalue weighted by molar-refractivity contribution is 0.102. The minimum absolute atomic E-state index is 0.141. The highest BCUT2D eigenvalue weighted by atomic mass is 16.1. The topological polar surface area (TPSA) is 52.9 Å². The average molecular weight is 264 g/mol. The number of benzene rings is 2. The van der Waals surface area contributed by atoms with Gasteiger partial charge in [-0.1, -0.05) is 31.2 Å². The molecule has 1 amide bonds. The third-order valence-corrected chi connectivity index (χ3v) is 3.12. The summed E-state index contributed by atoms with van der Waals surface area (Å²) in [6.45, 7) is 2.09. The molecule has 3 heteroatoms. The molecule has 1 N–H and O–H groups in total. The van der Waals surface area contributed by atoms with E-state index < -0.39 is 0 Å². The van der Waals surface area contributed by atoms with Crippen LogP contribution >= 0.6 is 0 Å². The van der Waals surface area contributed by atoms with Crippen LogP contribution in [0.3, 0.4) is 0 Å². The number of aryl methyl sites for hydroxylation is 1. The van der Waals surface area contributed by atoms with E-state index >= 15 is 0 Å². The molecule has 0 bridgehead atoms. The lowest BCUT2D eigenvalue weighted by atomic mass is 10.1. The molecule has 0 atom stereocenters. The predicted molar refractivity (Wildman–Crippen MR) is 79.5 cm³/mol. The Bertz CT molecular complexity index is 622. The molecule has 0 aromatic heterocycles. The number of nitrogens with one attached hydrogen (secondary N) is 1. The van der Waals surface area contributed by atoms with Gasteiger partial charge in [-0.25, -0.2) is 0 Å². The fraction of sp³-hybridized carbons (Fsp3) is 0.176. The van der Waals surface area contributed by atoms with Gasteiger partial charge in [0.2, 0.25) is 0 Å². The summed E-state index contributed by atoms with van der Waals surface area (Å²) >= 11 is 0. The molecule has 20 heavy (non-hydrogen) atoms. The predicted octanol–water partition coefficient (Wildman–Crippen LogP) is 3.57. The summed E-state index contributed by atoms with van der Waals surface area (Å²) < 4.78 is 0. The molecule has 0 aliphatic rings. The van der Waals surface area contributed by atoms with Gasteiger partial charge >= 0.3 is 0 Å². The summed E-state index contributed by atoms with van der Waals surface area (Å²) in [5.41, 5.74) is 3.53. The van der Waals surface area contributed by atoms with Gasteiger partial charge in [-0.05, 0) is 41.8 Å². The molecule has 0 aliphatic carbocycles. The first-order chi connectivity index (χ1) is 9.72. The lowest BCUT2D eigenvalue weighted by Gasteiger charge is -2.06. The lowest BCUT2D eigenvalue weighted by Crippen LogP contribution is -2.11.